The molecule has 9 heteroatoms. The zero-order chi connectivity index (χ0) is 24.6. The smallest absolute Gasteiger partial charge is 0.254 e. The molecule has 2 heterocycles. The fourth-order valence-electron chi connectivity index (χ4n) is 4.76. The van der Waals surface area contributed by atoms with Gasteiger partial charge < -0.3 is 14.2 Å². The van der Waals surface area contributed by atoms with Gasteiger partial charge in [0.15, 0.2) is 0 Å². The van der Waals surface area contributed by atoms with Crippen molar-refractivity contribution in [2.45, 2.75) is 32.2 Å². The van der Waals surface area contributed by atoms with E-state index in [0.717, 1.165) is 41.4 Å². The summed E-state index contributed by atoms with van der Waals surface area (Å²) >= 11 is 0. The van der Waals surface area contributed by atoms with Crippen LogP contribution in [0, 0.1) is 11.3 Å². The summed E-state index contributed by atoms with van der Waals surface area (Å²) in [6, 6.07) is 15.4. The van der Waals surface area contributed by atoms with Crippen LogP contribution in [-0.4, -0.2) is 55.8 Å². The highest BCUT2D eigenvalue weighted by Gasteiger charge is 2.29. The lowest BCUT2D eigenvalue weighted by atomic mass is 9.92. The highest BCUT2D eigenvalue weighted by Crippen LogP contribution is 2.43. The van der Waals surface area contributed by atoms with Crippen molar-refractivity contribution in [2.75, 3.05) is 36.8 Å². The van der Waals surface area contributed by atoms with Crippen LogP contribution in [0.2, 0.25) is 0 Å². The van der Waals surface area contributed by atoms with Crippen LogP contribution in [0.15, 0.2) is 42.5 Å². The average Bonchev–Trinajstić information content (AvgIpc) is 3.16. The number of morpholine rings is 1. The zero-order valence-electron chi connectivity index (χ0n) is 19.7. The predicted octanol–water partition coefficient (Wildman–Crippen LogP) is 4.14. The zero-order valence-corrected chi connectivity index (χ0v) is 20.5. The highest BCUT2D eigenvalue weighted by molar-refractivity contribution is 7.92. The number of hydrogen-bond donors (Lipinski definition) is 1. The number of anilines is 1. The minimum absolute atomic E-state index is 0.00520. The standard InChI is InChI=1S/C26H28N4O4S/c1-2-35(32,33)28-20-9-6-18(7-10-20)25-23(17-27)22-11-8-19(26(31)29-12-14-34-15-13-29)16-24(22)30(25)21-4-3-5-21/h6-11,16,21,28H,2-5,12-15H2,1H3. The van der Waals surface area contributed by atoms with Crippen molar-refractivity contribution in [2.24, 2.45) is 0 Å². The first-order chi connectivity index (χ1) is 16.9. The largest absolute Gasteiger partial charge is 0.378 e. The van der Waals surface area contributed by atoms with Crippen LogP contribution in [0.25, 0.3) is 22.2 Å². The fourth-order valence-corrected chi connectivity index (χ4v) is 5.40. The Labute approximate surface area is 205 Å². The summed E-state index contributed by atoms with van der Waals surface area (Å²) in [4.78, 5) is 15.0. The van der Waals surface area contributed by atoms with E-state index in [4.69, 9.17) is 4.74 Å². The number of carbonyl (C=O) groups excluding carboxylic acids is 1. The number of aromatic nitrogens is 1. The molecule has 0 spiro atoms. The molecule has 2 aromatic carbocycles. The van der Waals surface area contributed by atoms with Crippen molar-refractivity contribution >= 4 is 32.5 Å². The molecule has 0 radical (unpaired) electrons. The van der Waals surface area contributed by atoms with Gasteiger partial charge in [0.05, 0.1) is 35.7 Å². The number of nitrogens with zero attached hydrogens (tertiary/aromatic N) is 3. The van der Waals surface area contributed by atoms with Gasteiger partial charge in [-0.2, -0.15) is 5.26 Å². The van der Waals surface area contributed by atoms with E-state index >= 15 is 0 Å². The second kappa shape index (κ2) is 9.36. The maximum Gasteiger partial charge on any atom is 0.254 e. The molecule has 1 amide bonds. The molecule has 1 aliphatic carbocycles. The lowest BCUT2D eigenvalue weighted by Crippen LogP contribution is -2.40. The topological polar surface area (TPSA) is 104 Å². The molecule has 2 fully saturated rings. The summed E-state index contributed by atoms with van der Waals surface area (Å²) in [5.74, 6) is -0.0291. The number of carbonyl (C=O) groups is 1. The molecule has 5 rings (SSSR count). The lowest BCUT2D eigenvalue weighted by molar-refractivity contribution is 0.0303. The first-order valence-corrected chi connectivity index (χ1v) is 13.6. The molecular formula is C26H28N4O4S. The van der Waals surface area contributed by atoms with E-state index in [1.807, 2.05) is 29.2 Å². The molecule has 3 aromatic rings. The van der Waals surface area contributed by atoms with Crippen LogP contribution in [0.3, 0.4) is 0 Å². The summed E-state index contributed by atoms with van der Waals surface area (Å²) in [6.07, 6.45) is 3.14. The number of nitrogens with one attached hydrogen (secondary N) is 1. The fraction of sp³-hybridized carbons (Fsp3) is 0.385. The predicted molar refractivity (Wildman–Crippen MR) is 135 cm³/mol. The van der Waals surface area contributed by atoms with Crippen LogP contribution in [0.1, 0.15) is 48.1 Å². The highest BCUT2D eigenvalue weighted by atomic mass is 32.2. The second-order valence-corrected chi connectivity index (χ2v) is 11.0. The molecule has 1 saturated heterocycles. The Morgan fingerprint density at radius 3 is 2.46 bits per heavy atom. The Hall–Kier alpha value is -3.35. The molecule has 182 valence electrons. The summed E-state index contributed by atoms with van der Waals surface area (Å²) in [5, 5.41) is 11.0. The SMILES string of the molecule is CCS(=O)(=O)Nc1ccc(-c2c(C#N)c3ccc(C(=O)N4CCOCC4)cc3n2C2CCC2)cc1. The number of nitriles is 1. The monoisotopic (exact) mass is 492 g/mol. The molecule has 1 aliphatic heterocycles. The third-order valence-corrected chi connectivity index (χ3v) is 8.22. The van der Waals surface area contributed by atoms with Gasteiger partial charge in [-0.1, -0.05) is 18.2 Å². The van der Waals surface area contributed by atoms with E-state index in [0.29, 0.717) is 43.1 Å². The van der Waals surface area contributed by atoms with Gasteiger partial charge in [0.25, 0.3) is 5.91 Å². The third kappa shape index (κ3) is 4.40. The first kappa shape index (κ1) is 23.4. The van der Waals surface area contributed by atoms with Crippen molar-refractivity contribution in [1.29, 1.82) is 5.26 Å². The van der Waals surface area contributed by atoms with Gasteiger partial charge in [0.1, 0.15) is 6.07 Å². The van der Waals surface area contributed by atoms with E-state index in [1.165, 1.54) is 0 Å². The molecule has 8 nitrogen and oxygen atoms in total. The first-order valence-electron chi connectivity index (χ1n) is 12.0. The number of fused-ring (bicyclic) bond motifs is 1. The average molecular weight is 493 g/mol. The van der Waals surface area contributed by atoms with Crippen LogP contribution in [0.4, 0.5) is 5.69 Å². The number of rotatable bonds is 6. The number of sulfonamides is 1. The molecule has 1 aromatic heterocycles. The minimum Gasteiger partial charge on any atom is -0.378 e. The van der Waals surface area contributed by atoms with E-state index in [2.05, 4.69) is 15.4 Å². The quantitative estimate of drug-likeness (QED) is 0.557. The van der Waals surface area contributed by atoms with E-state index in [1.54, 1.807) is 25.1 Å². The Bertz CT molecular complexity index is 1410. The van der Waals surface area contributed by atoms with Crippen molar-refractivity contribution < 1.29 is 17.9 Å². The van der Waals surface area contributed by atoms with Gasteiger partial charge in [-0.15, -0.1) is 0 Å². The molecule has 35 heavy (non-hydrogen) atoms. The van der Waals surface area contributed by atoms with Crippen LogP contribution >= 0.6 is 0 Å². The van der Waals surface area contributed by atoms with E-state index in [9.17, 15) is 18.5 Å². The summed E-state index contributed by atoms with van der Waals surface area (Å²) in [5.41, 5.74) is 4.20. The van der Waals surface area contributed by atoms with Gasteiger partial charge in [-0.05, 0) is 56.0 Å². The van der Waals surface area contributed by atoms with Gasteiger partial charge in [0.2, 0.25) is 10.0 Å². The molecule has 0 unspecified atom stereocenters. The number of benzene rings is 2. The molecule has 0 bridgehead atoms. The summed E-state index contributed by atoms with van der Waals surface area (Å²) < 4.78 is 34.0. The van der Waals surface area contributed by atoms with Gasteiger partial charge in [0, 0.05) is 35.8 Å². The Balaban J connectivity index is 1.60. The molecule has 2 aliphatic rings. The molecule has 1 N–H and O–H groups in total. The maximum absolute atomic E-state index is 13.2. The summed E-state index contributed by atoms with van der Waals surface area (Å²) in [6.45, 7) is 3.82. The van der Waals surface area contributed by atoms with Crippen LogP contribution < -0.4 is 4.72 Å². The van der Waals surface area contributed by atoms with Crippen molar-refractivity contribution in [3.8, 4) is 17.3 Å². The van der Waals surface area contributed by atoms with Crippen LogP contribution in [0.5, 0.6) is 0 Å². The van der Waals surface area contributed by atoms with E-state index in [-0.39, 0.29) is 17.7 Å². The Kier molecular flexibility index (Phi) is 6.26. The maximum atomic E-state index is 13.2. The number of hydrogen-bond acceptors (Lipinski definition) is 5. The molecule has 0 atom stereocenters. The van der Waals surface area contributed by atoms with Gasteiger partial charge in [-0.3, -0.25) is 9.52 Å². The van der Waals surface area contributed by atoms with Crippen molar-refractivity contribution in [1.82, 2.24) is 9.47 Å². The van der Waals surface area contributed by atoms with Gasteiger partial charge >= 0.3 is 0 Å². The number of amides is 1. The second-order valence-electron chi connectivity index (χ2n) is 9.01. The third-order valence-electron chi connectivity index (χ3n) is 6.91. The molecule has 1 saturated carbocycles. The summed E-state index contributed by atoms with van der Waals surface area (Å²) in [7, 11) is -3.37. The van der Waals surface area contributed by atoms with Crippen molar-refractivity contribution in [3.05, 3.63) is 53.6 Å². The van der Waals surface area contributed by atoms with Crippen molar-refractivity contribution in [3.63, 3.8) is 0 Å². The lowest BCUT2D eigenvalue weighted by Gasteiger charge is -2.30. The normalized spacial score (nSPS) is 16.6. The van der Waals surface area contributed by atoms with Gasteiger partial charge in [-0.25, -0.2) is 8.42 Å². The van der Waals surface area contributed by atoms with Crippen LogP contribution in [-0.2, 0) is 14.8 Å². The minimum atomic E-state index is -3.37. The molecular weight excluding hydrogens is 464 g/mol. The van der Waals surface area contributed by atoms with E-state index < -0.39 is 10.0 Å². The Morgan fingerprint density at radius 2 is 1.86 bits per heavy atom. The number of ether oxygens (including phenoxy) is 1. The Morgan fingerprint density at radius 1 is 1.14 bits per heavy atom.